The van der Waals surface area contributed by atoms with E-state index in [0.717, 1.165) is 10.4 Å². The lowest BCUT2D eigenvalue weighted by atomic mass is 10.2. The molecule has 1 amide bonds. The average Bonchev–Trinajstić information content (AvgIpc) is 2.75. The lowest BCUT2D eigenvalue weighted by molar-refractivity contribution is -0.114. The van der Waals surface area contributed by atoms with Gasteiger partial charge < -0.3 is 5.32 Å². The van der Waals surface area contributed by atoms with Crippen LogP contribution in [0.15, 0.2) is 30.7 Å². The number of hydrogen-bond acceptors (Lipinski definition) is 4. The van der Waals surface area contributed by atoms with E-state index in [4.69, 9.17) is 0 Å². The first-order chi connectivity index (χ1) is 8.24. The van der Waals surface area contributed by atoms with Gasteiger partial charge in [-0.1, -0.05) is 17.4 Å². The average molecular weight is 245 g/mol. The maximum absolute atomic E-state index is 10.8. The van der Waals surface area contributed by atoms with Crippen LogP contribution in [0.25, 0.3) is 12.2 Å². The Morgan fingerprint density at radius 1 is 1.35 bits per heavy atom. The van der Waals surface area contributed by atoms with Gasteiger partial charge in [-0.05, 0) is 23.8 Å². The predicted octanol–water partition coefficient (Wildman–Crippen LogP) is 2.67. The van der Waals surface area contributed by atoms with E-state index in [0.29, 0.717) is 5.13 Å². The monoisotopic (exact) mass is 245 g/mol. The van der Waals surface area contributed by atoms with Crippen molar-refractivity contribution < 1.29 is 4.79 Å². The molecule has 0 aromatic carbocycles. The highest BCUT2D eigenvalue weighted by Gasteiger charge is 2.00. The van der Waals surface area contributed by atoms with Gasteiger partial charge in [-0.2, -0.15) is 0 Å². The number of aromatic nitrogens is 2. The maximum Gasteiger partial charge on any atom is 0.223 e. The number of pyridine rings is 1. The Labute approximate surface area is 103 Å². The smallest absolute Gasteiger partial charge is 0.223 e. The van der Waals surface area contributed by atoms with Crippen LogP contribution in [0.4, 0.5) is 5.13 Å². The first kappa shape index (κ1) is 11.5. The first-order valence-corrected chi connectivity index (χ1v) is 5.87. The fraction of sp³-hybridized carbons (Fsp3) is 0.0833. The molecule has 1 N–H and O–H groups in total. The van der Waals surface area contributed by atoms with Crippen LogP contribution in [0.5, 0.6) is 0 Å². The molecule has 0 aliphatic rings. The summed E-state index contributed by atoms with van der Waals surface area (Å²) < 4.78 is 0. The second-order valence-electron chi connectivity index (χ2n) is 3.36. The van der Waals surface area contributed by atoms with Crippen molar-refractivity contribution in [2.45, 2.75) is 6.92 Å². The molecule has 4 nitrogen and oxygen atoms in total. The van der Waals surface area contributed by atoms with Gasteiger partial charge in [0, 0.05) is 30.4 Å². The number of thiazole rings is 1. The zero-order valence-corrected chi connectivity index (χ0v) is 10.1. The Balaban J connectivity index is 2.06. The van der Waals surface area contributed by atoms with Crippen LogP contribution in [0.3, 0.4) is 0 Å². The van der Waals surface area contributed by atoms with Gasteiger partial charge in [0.1, 0.15) is 0 Å². The number of hydrogen-bond donors (Lipinski definition) is 1. The molecule has 2 aromatic rings. The van der Waals surface area contributed by atoms with Crippen molar-refractivity contribution in [3.63, 3.8) is 0 Å². The van der Waals surface area contributed by atoms with E-state index in [1.807, 2.05) is 24.3 Å². The normalized spacial score (nSPS) is 10.6. The molecular formula is C12H11N3OS. The van der Waals surface area contributed by atoms with Gasteiger partial charge in [-0.25, -0.2) is 4.98 Å². The highest BCUT2D eigenvalue weighted by Crippen LogP contribution is 2.20. The lowest BCUT2D eigenvalue weighted by Gasteiger charge is -1.92. The minimum absolute atomic E-state index is 0.107. The Morgan fingerprint density at radius 2 is 2.12 bits per heavy atom. The van der Waals surface area contributed by atoms with Crippen LogP contribution >= 0.6 is 11.3 Å². The van der Waals surface area contributed by atoms with Gasteiger partial charge in [0.25, 0.3) is 0 Å². The van der Waals surface area contributed by atoms with Gasteiger partial charge in [-0.3, -0.25) is 9.78 Å². The van der Waals surface area contributed by atoms with Crippen LogP contribution in [-0.4, -0.2) is 15.9 Å². The minimum atomic E-state index is -0.107. The molecule has 0 aliphatic heterocycles. The van der Waals surface area contributed by atoms with Gasteiger partial charge in [0.05, 0.1) is 0 Å². The Morgan fingerprint density at radius 3 is 2.82 bits per heavy atom. The topological polar surface area (TPSA) is 54.9 Å². The number of rotatable bonds is 3. The number of carbonyl (C=O) groups excluding carboxylic acids is 1. The number of anilines is 1. The number of carbonyl (C=O) groups is 1. The summed E-state index contributed by atoms with van der Waals surface area (Å²) in [6.07, 6.45) is 9.16. The summed E-state index contributed by atoms with van der Waals surface area (Å²) in [5.41, 5.74) is 1.08. The highest BCUT2D eigenvalue weighted by molar-refractivity contribution is 7.16. The largest absolute Gasteiger partial charge is 0.302 e. The van der Waals surface area contributed by atoms with E-state index in [1.54, 1.807) is 18.6 Å². The molecule has 86 valence electrons. The summed E-state index contributed by atoms with van der Waals surface area (Å²) in [7, 11) is 0. The second kappa shape index (κ2) is 5.36. The third kappa shape index (κ3) is 3.49. The van der Waals surface area contributed by atoms with Gasteiger partial charge >= 0.3 is 0 Å². The molecule has 0 unspecified atom stereocenters. The van der Waals surface area contributed by atoms with Crippen molar-refractivity contribution >= 4 is 34.5 Å². The summed E-state index contributed by atoms with van der Waals surface area (Å²) in [5.74, 6) is -0.107. The van der Waals surface area contributed by atoms with E-state index in [-0.39, 0.29) is 5.91 Å². The van der Waals surface area contributed by atoms with E-state index in [2.05, 4.69) is 15.3 Å². The van der Waals surface area contributed by atoms with Crippen LogP contribution in [0.2, 0.25) is 0 Å². The number of amides is 1. The Bertz CT molecular complexity index is 534. The number of nitrogens with zero attached hydrogens (tertiary/aromatic N) is 2. The van der Waals surface area contributed by atoms with E-state index < -0.39 is 0 Å². The third-order valence-electron chi connectivity index (χ3n) is 1.95. The molecule has 2 heterocycles. The van der Waals surface area contributed by atoms with Crippen molar-refractivity contribution in [1.82, 2.24) is 9.97 Å². The van der Waals surface area contributed by atoms with Crippen LogP contribution < -0.4 is 5.32 Å². The molecule has 2 aromatic heterocycles. The quantitative estimate of drug-likeness (QED) is 0.904. The standard InChI is InChI=1S/C12H11N3OS/c1-9(16)15-12-14-8-11(17-12)3-2-10-4-6-13-7-5-10/h2-8H,1H3,(H,14,15,16). The zero-order valence-electron chi connectivity index (χ0n) is 9.25. The molecule has 0 saturated heterocycles. The predicted molar refractivity (Wildman–Crippen MR) is 69.6 cm³/mol. The SMILES string of the molecule is CC(=O)Nc1ncc(C=Cc2ccncc2)s1. The molecule has 5 heteroatoms. The highest BCUT2D eigenvalue weighted by atomic mass is 32.1. The van der Waals surface area contributed by atoms with E-state index in [1.165, 1.54) is 18.3 Å². The molecular weight excluding hydrogens is 234 g/mol. The van der Waals surface area contributed by atoms with Crippen molar-refractivity contribution in [3.8, 4) is 0 Å². The molecule has 0 bridgehead atoms. The molecule has 2 rings (SSSR count). The molecule has 0 aliphatic carbocycles. The summed E-state index contributed by atoms with van der Waals surface area (Å²) in [5, 5.41) is 3.27. The molecule has 17 heavy (non-hydrogen) atoms. The number of nitrogens with one attached hydrogen (secondary N) is 1. The van der Waals surface area contributed by atoms with Crippen molar-refractivity contribution in [2.75, 3.05) is 5.32 Å². The van der Waals surface area contributed by atoms with Gasteiger partial charge in [0.15, 0.2) is 5.13 Å². The summed E-state index contributed by atoms with van der Waals surface area (Å²) in [4.78, 5) is 19.9. The minimum Gasteiger partial charge on any atom is -0.302 e. The van der Waals surface area contributed by atoms with Gasteiger partial charge in [0.2, 0.25) is 5.91 Å². The van der Waals surface area contributed by atoms with Crippen molar-refractivity contribution in [1.29, 1.82) is 0 Å². The Hall–Kier alpha value is -2.01. The van der Waals surface area contributed by atoms with E-state index >= 15 is 0 Å². The van der Waals surface area contributed by atoms with Crippen LogP contribution in [-0.2, 0) is 4.79 Å². The zero-order chi connectivity index (χ0) is 12.1. The summed E-state index contributed by atoms with van der Waals surface area (Å²) in [6.45, 7) is 1.47. The summed E-state index contributed by atoms with van der Waals surface area (Å²) >= 11 is 1.43. The fourth-order valence-corrected chi connectivity index (χ4v) is 1.99. The molecule has 0 atom stereocenters. The van der Waals surface area contributed by atoms with Crippen molar-refractivity contribution in [2.24, 2.45) is 0 Å². The molecule has 0 saturated carbocycles. The third-order valence-corrected chi connectivity index (χ3v) is 2.83. The van der Waals surface area contributed by atoms with Crippen LogP contribution in [0.1, 0.15) is 17.4 Å². The Kier molecular flexibility index (Phi) is 3.62. The maximum atomic E-state index is 10.8. The van der Waals surface area contributed by atoms with E-state index in [9.17, 15) is 4.79 Å². The van der Waals surface area contributed by atoms with Gasteiger partial charge in [-0.15, -0.1) is 0 Å². The van der Waals surface area contributed by atoms with Crippen LogP contribution in [0, 0.1) is 0 Å². The molecule has 0 fully saturated rings. The molecule has 0 spiro atoms. The second-order valence-corrected chi connectivity index (χ2v) is 4.43. The fourth-order valence-electron chi connectivity index (χ4n) is 1.22. The van der Waals surface area contributed by atoms with Crippen molar-refractivity contribution in [3.05, 3.63) is 41.2 Å². The first-order valence-electron chi connectivity index (χ1n) is 5.05. The lowest BCUT2D eigenvalue weighted by Crippen LogP contribution is -2.04. The summed E-state index contributed by atoms with van der Waals surface area (Å²) in [6, 6.07) is 3.85. The molecule has 0 radical (unpaired) electrons.